The fraction of sp³-hybridized carbons (Fsp3) is 0.250. The van der Waals surface area contributed by atoms with Crippen molar-refractivity contribution in [2.45, 2.75) is 25.8 Å². The van der Waals surface area contributed by atoms with Crippen LogP contribution in [0.5, 0.6) is 0 Å². The zero-order valence-corrected chi connectivity index (χ0v) is 17.2. The van der Waals surface area contributed by atoms with Gasteiger partial charge in [0.15, 0.2) is 5.78 Å². The molecule has 1 aromatic heterocycles. The molecule has 1 N–H and O–H groups in total. The molecule has 0 radical (unpaired) electrons. The van der Waals surface area contributed by atoms with Crippen LogP contribution in [0.25, 0.3) is 10.9 Å². The minimum absolute atomic E-state index is 0.126. The summed E-state index contributed by atoms with van der Waals surface area (Å²) in [6.45, 7) is 3.36. The number of sulfonamides is 1. The smallest absolute Gasteiger partial charge is 0.229 e. The Morgan fingerprint density at radius 2 is 1.86 bits per heavy atom. The Bertz CT molecular complexity index is 1160. The number of carbonyl (C=O) groups is 1. The van der Waals surface area contributed by atoms with Gasteiger partial charge in [-0.25, -0.2) is 12.8 Å². The molecule has 28 heavy (non-hydrogen) atoms. The molecular formula is C20H20ClFN2O3S. The highest BCUT2D eigenvalue weighted by Crippen LogP contribution is 2.37. The summed E-state index contributed by atoms with van der Waals surface area (Å²) in [5, 5.41) is 1.04. The average Bonchev–Trinajstić information content (AvgIpc) is 3.00. The van der Waals surface area contributed by atoms with Gasteiger partial charge < -0.3 is 4.57 Å². The van der Waals surface area contributed by atoms with Crippen LogP contribution in [0.4, 0.5) is 10.1 Å². The minimum atomic E-state index is -3.60. The Morgan fingerprint density at radius 3 is 2.39 bits per heavy atom. The van der Waals surface area contributed by atoms with E-state index in [2.05, 4.69) is 4.72 Å². The molecule has 0 fully saturated rings. The number of anilines is 1. The predicted molar refractivity (Wildman–Crippen MR) is 110 cm³/mol. The van der Waals surface area contributed by atoms with Crippen molar-refractivity contribution < 1.29 is 17.6 Å². The molecule has 3 rings (SSSR count). The van der Waals surface area contributed by atoms with Crippen molar-refractivity contribution in [1.29, 1.82) is 0 Å². The molecule has 0 aliphatic rings. The molecule has 0 saturated carbocycles. The van der Waals surface area contributed by atoms with Gasteiger partial charge >= 0.3 is 0 Å². The summed E-state index contributed by atoms with van der Waals surface area (Å²) in [5.74, 6) is -0.736. The maximum absolute atomic E-state index is 14.3. The van der Waals surface area contributed by atoms with Gasteiger partial charge in [-0.3, -0.25) is 9.52 Å². The number of ketones is 1. The van der Waals surface area contributed by atoms with Gasteiger partial charge in [0.2, 0.25) is 10.0 Å². The molecule has 5 nitrogen and oxygen atoms in total. The second-order valence-electron chi connectivity index (χ2n) is 6.72. The number of nitrogens with zero attached hydrogens (tertiary/aromatic N) is 1. The van der Waals surface area contributed by atoms with Gasteiger partial charge in [-0.05, 0) is 49.2 Å². The highest BCUT2D eigenvalue weighted by Gasteiger charge is 2.38. The third kappa shape index (κ3) is 3.52. The second-order valence-corrected chi connectivity index (χ2v) is 8.91. The van der Waals surface area contributed by atoms with Crippen molar-refractivity contribution in [2.75, 3.05) is 11.0 Å². The molecule has 1 unspecified atom stereocenters. The van der Waals surface area contributed by atoms with Gasteiger partial charge in [0.05, 0.1) is 17.5 Å². The number of nitrogens with one attached hydrogen (secondary N) is 1. The molecule has 0 amide bonds. The van der Waals surface area contributed by atoms with Crippen molar-refractivity contribution in [3.8, 4) is 0 Å². The number of hydrogen-bond donors (Lipinski definition) is 1. The van der Waals surface area contributed by atoms with Gasteiger partial charge in [0.1, 0.15) is 11.4 Å². The van der Waals surface area contributed by atoms with Crippen molar-refractivity contribution >= 4 is 44.0 Å². The molecule has 0 bridgehead atoms. The molecule has 0 saturated heterocycles. The van der Waals surface area contributed by atoms with E-state index >= 15 is 0 Å². The van der Waals surface area contributed by atoms with Crippen molar-refractivity contribution in [3.63, 3.8) is 0 Å². The summed E-state index contributed by atoms with van der Waals surface area (Å²) < 4.78 is 41.7. The molecule has 3 aromatic rings. The van der Waals surface area contributed by atoms with E-state index in [1.165, 1.54) is 13.0 Å². The average molecular weight is 423 g/mol. The van der Waals surface area contributed by atoms with Crippen LogP contribution in [0, 0.1) is 5.82 Å². The van der Waals surface area contributed by atoms with Gasteiger partial charge in [0.25, 0.3) is 0 Å². The van der Waals surface area contributed by atoms with E-state index < -0.39 is 21.4 Å². The summed E-state index contributed by atoms with van der Waals surface area (Å²) in [6.07, 6.45) is 3.09. The topological polar surface area (TPSA) is 68.2 Å². The number of aromatic nitrogens is 1. The monoisotopic (exact) mass is 422 g/mol. The number of fused-ring (bicyclic) bond motifs is 1. The third-order valence-electron chi connectivity index (χ3n) is 4.90. The number of benzene rings is 2. The lowest BCUT2D eigenvalue weighted by Gasteiger charge is -2.34. The highest BCUT2D eigenvalue weighted by atomic mass is 35.5. The lowest BCUT2D eigenvalue weighted by Crippen LogP contribution is -2.40. The quantitative estimate of drug-likeness (QED) is 0.633. The maximum atomic E-state index is 14.3. The van der Waals surface area contributed by atoms with E-state index in [1.54, 1.807) is 41.1 Å². The Hall–Kier alpha value is -2.38. The normalized spacial score (nSPS) is 14.0. The minimum Gasteiger partial charge on any atom is -0.330 e. The molecular weight excluding hydrogens is 403 g/mol. The van der Waals surface area contributed by atoms with Gasteiger partial charge in [-0.15, -0.1) is 0 Å². The van der Waals surface area contributed by atoms with Crippen LogP contribution in [0.15, 0.2) is 48.7 Å². The molecule has 1 atom stereocenters. The van der Waals surface area contributed by atoms with Crippen LogP contribution in [0.1, 0.15) is 25.8 Å². The third-order valence-corrected chi connectivity index (χ3v) is 5.74. The van der Waals surface area contributed by atoms with Crippen molar-refractivity contribution in [3.05, 3.63) is 65.1 Å². The lowest BCUT2D eigenvalue weighted by atomic mass is 9.83. The van der Waals surface area contributed by atoms with Crippen molar-refractivity contribution in [1.82, 2.24) is 4.57 Å². The van der Waals surface area contributed by atoms with Crippen LogP contribution in [0.2, 0.25) is 5.02 Å². The lowest BCUT2D eigenvalue weighted by molar-refractivity contribution is -0.123. The van der Waals surface area contributed by atoms with Crippen LogP contribution in [-0.4, -0.2) is 25.0 Å². The molecule has 0 spiro atoms. The predicted octanol–water partition coefficient (Wildman–Crippen LogP) is 4.55. The zero-order valence-electron chi connectivity index (χ0n) is 15.7. The first-order valence-electron chi connectivity index (χ1n) is 8.64. The largest absolute Gasteiger partial charge is 0.330 e. The Morgan fingerprint density at radius 1 is 1.21 bits per heavy atom. The van der Waals surface area contributed by atoms with Crippen LogP contribution >= 0.6 is 11.6 Å². The van der Waals surface area contributed by atoms with E-state index in [1.807, 2.05) is 6.92 Å². The number of carbonyl (C=O) groups excluding carboxylic acids is 1. The first-order valence-corrected chi connectivity index (χ1v) is 10.9. The SMILES string of the molecule is CCC(C(C)=O)(c1ccc(Cl)cc1)n1ccc2c(NS(C)(=O)=O)cc(F)cc21. The Labute approximate surface area is 168 Å². The maximum Gasteiger partial charge on any atom is 0.229 e. The highest BCUT2D eigenvalue weighted by molar-refractivity contribution is 7.92. The Balaban J connectivity index is 2.33. The molecule has 8 heteroatoms. The van der Waals surface area contributed by atoms with Crippen molar-refractivity contribution in [2.24, 2.45) is 0 Å². The number of hydrogen-bond acceptors (Lipinski definition) is 3. The molecule has 148 valence electrons. The fourth-order valence-electron chi connectivity index (χ4n) is 3.69. The van der Waals surface area contributed by atoms with E-state index in [0.717, 1.165) is 12.3 Å². The van der Waals surface area contributed by atoms with Crippen LogP contribution in [0.3, 0.4) is 0 Å². The van der Waals surface area contributed by atoms with E-state index in [-0.39, 0.29) is 11.5 Å². The number of rotatable bonds is 6. The zero-order chi connectivity index (χ0) is 20.7. The van der Waals surface area contributed by atoms with Gasteiger partial charge in [-0.2, -0.15) is 0 Å². The molecule has 0 aliphatic heterocycles. The van der Waals surface area contributed by atoms with Crippen LogP contribution < -0.4 is 4.72 Å². The first-order chi connectivity index (χ1) is 13.1. The van der Waals surface area contributed by atoms with E-state index in [9.17, 15) is 17.6 Å². The summed E-state index contributed by atoms with van der Waals surface area (Å²) in [5.41, 5.74) is 0.174. The van der Waals surface area contributed by atoms with Gasteiger partial charge in [-0.1, -0.05) is 30.7 Å². The fourth-order valence-corrected chi connectivity index (χ4v) is 4.38. The molecule has 0 aliphatic carbocycles. The standard InChI is InChI=1S/C20H20ClFN2O3S/c1-4-20(13(2)25,14-5-7-15(21)8-6-14)24-10-9-17-18(23-28(3,26)27)11-16(22)12-19(17)24/h5-12,23H,4H2,1-3H3. The first kappa shape index (κ1) is 20.4. The summed E-state index contributed by atoms with van der Waals surface area (Å²) >= 11 is 6.00. The summed E-state index contributed by atoms with van der Waals surface area (Å²) in [4.78, 5) is 12.9. The Kier molecular flexibility index (Phi) is 5.25. The van der Waals surface area contributed by atoms with Gasteiger partial charge in [0, 0.05) is 16.6 Å². The van der Waals surface area contributed by atoms with E-state index in [0.29, 0.717) is 27.9 Å². The molecule has 2 aromatic carbocycles. The molecule has 1 heterocycles. The summed E-state index contributed by atoms with van der Waals surface area (Å²) in [7, 11) is -3.60. The van der Waals surface area contributed by atoms with E-state index in [4.69, 9.17) is 11.6 Å². The number of Topliss-reactive ketones (excluding diaryl/α,β-unsaturated/α-hetero) is 1. The van der Waals surface area contributed by atoms with Crippen LogP contribution in [-0.2, 0) is 20.4 Å². The number of halogens is 2. The summed E-state index contributed by atoms with van der Waals surface area (Å²) in [6, 6.07) is 11.0. The second kappa shape index (κ2) is 7.22.